The summed E-state index contributed by atoms with van der Waals surface area (Å²) in [5.74, 6) is -0.385. The van der Waals surface area contributed by atoms with Crippen LogP contribution in [0.3, 0.4) is 0 Å². The largest absolute Gasteiger partial charge is 0.488 e. The monoisotopic (exact) mass is 478 g/mol. The SMILES string of the molecule is CN1CCC(Oc2cc(NS(=O)(=O)c3ccc(Br)cc3)ccc2C(F)(F)F)C1. The molecule has 152 valence electrons. The highest BCUT2D eigenvalue weighted by Crippen LogP contribution is 2.39. The summed E-state index contributed by atoms with van der Waals surface area (Å²) in [6, 6.07) is 8.89. The molecule has 1 atom stereocenters. The molecule has 0 bridgehead atoms. The number of nitrogens with one attached hydrogen (secondary N) is 1. The van der Waals surface area contributed by atoms with E-state index in [1.54, 1.807) is 12.1 Å². The molecule has 0 saturated carbocycles. The van der Waals surface area contributed by atoms with Gasteiger partial charge in [-0.1, -0.05) is 15.9 Å². The number of hydrogen-bond acceptors (Lipinski definition) is 4. The molecular weight excluding hydrogens is 461 g/mol. The van der Waals surface area contributed by atoms with E-state index in [1.807, 2.05) is 11.9 Å². The van der Waals surface area contributed by atoms with Gasteiger partial charge in [-0.3, -0.25) is 4.72 Å². The summed E-state index contributed by atoms with van der Waals surface area (Å²) >= 11 is 3.22. The molecule has 0 radical (unpaired) electrons. The Morgan fingerprint density at radius 3 is 2.43 bits per heavy atom. The summed E-state index contributed by atoms with van der Waals surface area (Å²) in [5, 5.41) is 0. The number of benzene rings is 2. The van der Waals surface area contributed by atoms with Crippen LogP contribution in [0.2, 0.25) is 0 Å². The van der Waals surface area contributed by atoms with Crippen molar-refractivity contribution in [1.29, 1.82) is 0 Å². The van der Waals surface area contributed by atoms with Crippen molar-refractivity contribution in [3.8, 4) is 5.75 Å². The Morgan fingerprint density at radius 1 is 1.18 bits per heavy atom. The average molecular weight is 479 g/mol. The molecule has 0 amide bonds. The predicted octanol–water partition coefficient (Wildman–Crippen LogP) is 4.35. The molecule has 0 aromatic heterocycles. The molecule has 0 spiro atoms. The number of alkyl halides is 3. The summed E-state index contributed by atoms with van der Waals surface area (Å²) in [5.41, 5.74) is -0.939. The molecule has 1 saturated heterocycles. The normalized spacial score (nSPS) is 18.2. The van der Waals surface area contributed by atoms with E-state index in [0.29, 0.717) is 17.4 Å². The molecule has 2 aromatic carbocycles. The van der Waals surface area contributed by atoms with Gasteiger partial charge in [0.05, 0.1) is 16.1 Å². The van der Waals surface area contributed by atoms with Crippen molar-refractivity contribution < 1.29 is 26.3 Å². The molecular formula is C18H18BrF3N2O3S. The van der Waals surface area contributed by atoms with Crippen molar-refractivity contribution in [2.75, 3.05) is 24.9 Å². The van der Waals surface area contributed by atoms with Gasteiger partial charge >= 0.3 is 6.18 Å². The lowest BCUT2D eigenvalue weighted by Crippen LogP contribution is -2.23. The molecule has 2 aromatic rings. The summed E-state index contributed by atoms with van der Waals surface area (Å²) in [4.78, 5) is 1.95. The summed E-state index contributed by atoms with van der Waals surface area (Å²) in [7, 11) is -2.09. The Bertz CT molecular complexity index is 950. The molecule has 5 nitrogen and oxygen atoms in total. The molecule has 1 heterocycles. The molecule has 3 rings (SSSR count). The molecule has 1 aliphatic heterocycles. The Morgan fingerprint density at radius 2 is 1.86 bits per heavy atom. The van der Waals surface area contributed by atoms with Crippen molar-refractivity contribution >= 4 is 31.6 Å². The van der Waals surface area contributed by atoms with Gasteiger partial charge in [-0.25, -0.2) is 8.42 Å². The van der Waals surface area contributed by atoms with Gasteiger partial charge in [0.2, 0.25) is 0 Å². The maximum atomic E-state index is 13.3. The molecule has 1 unspecified atom stereocenters. The van der Waals surface area contributed by atoms with E-state index in [2.05, 4.69) is 20.7 Å². The summed E-state index contributed by atoms with van der Waals surface area (Å²) < 4.78 is 73.6. The number of hydrogen-bond donors (Lipinski definition) is 1. The van der Waals surface area contributed by atoms with E-state index in [9.17, 15) is 21.6 Å². The first-order chi connectivity index (χ1) is 13.0. The van der Waals surface area contributed by atoms with Gasteiger partial charge in [-0.05, 0) is 49.9 Å². The minimum atomic E-state index is -4.61. The van der Waals surface area contributed by atoms with Crippen molar-refractivity contribution in [3.63, 3.8) is 0 Å². The second-order valence-corrected chi connectivity index (χ2v) is 9.16. The van der Waals surface area contributed by atoms with E-state index in [4.69, 9.17) is 4.74 Å². The van der Waals surface area contributed by atoms with Crippen LogP contribution in [0.25, 0.3) is 0 Å². The standard InChI is InChI=1S/C18H18BrF3N2O3S/c1-24-9-8-14(11-24)27-17-10-13(4-7-16(17)18(20,21)22)23-28(25,26)15-5-2-12(19)3-6-15/h2-7,10,14,23H,8-9,11H2,1H3. The Hall–Kier alpha value is -1.78. The van der Waals surface area contributed by atoms with E-state index in [-0.39, 0.29) is 22.4 Å². The van der Waals surface area contributed by atoms with E-state index < -0.39 is 21.8 Å². The highest BCUT2D eigenvalue weighted by atomic mass is 79.9. The van der Waals surface area contributed by atoms with Gasteiger partial charge in [0.1, 0.15) is 11.9 Å². The Labute approximate surface area is 169 Å². The Kier molecular flexibility index (Phi) is 5.92. The molecule has 1 aliphatic rings. The van der Waals surface area contributed by atoms with Gasteiger partial charge in [-0.15, -0.1) is 0 Å². The highest BCUT2D eigenvalue weighted by molar-refractivity contribution is 9.10. The second kappa shape index (κ2) is 7.92. The first-order valence-corrected chi connectivity index (χ1v) is 10.7. The lowest BCUT2D eigenvalue weighted by Gasteiger charge is -2.19. The molecule has 10 heteroatoms. The fourth-order valence-electron chi connectivity index (χ4n) is 2.92. The van der Waals surface area contributed by atoms with Crippen molar-refractivity contribution in [2.24, 2.45) is 0 Å². The number of halogens is 4. The van der Waals surface area contributed by atoms with Crippen LogP contribution >= 0.6 is 15.9 Å². The quantitative estimate of drug-likeness (QED) is 0.693. The lowest BCUT2D eigenvalue weighted by atomic mass is 10.1. The fraction of sp³-hybridized carbons (Fsp3) is 0.333. The fourth-order valence-corrected chi connectivity index (χ4v) is 4.23. The maximum Gasteiger partial charge on any atom is 0.419 e. The summed E-state index contributed by atoms with van der Waals surface area (Å²) in [6.07, 6.45) is -4.39. The maximum absolute atomic E-state index is 13.3. The number of nitrogens with zero attached hydrogens (tertiary/aromatic N) is 1. The van der Waals surface area contributed by atoms with Gasteiger partial charge in [-0.2, -0.15) is 13.2 Å². The number of likely N-dealkylation sites (tertiary alicyclic amines) is 1. The average Bonchev–Trinajstić information content (AvgIpc) is 2.99. The molecule has 0 aliphatic carbocycles. The van der Waals surface area contributed by atoms with E-state index >= 15 is 0 Å². The van der Waals surface area contributed by atoms with Gasteiger partial charge < -0.3 is 9.64 Å². The number of anilines is 1. The third-order valence-corrected chi connectivity index (χ3v) is 6.23. The van der Waals surface area contributed by atoms with Gasteiger partial charge in [0.25, 0.3) is 10.0 Å². The third kappa shape index (κ3) is 4.98. The lowest BCUT2D eigenvalue weighted by molar-refractivity contribution is -0.139. The minimum Gasteiger partial charge on any atom is -0.488 e. The number of ether oxygens (including phenoxy) is 1. The second-order valence-electron chi connectivity index (χ2n) is 6.56. The van der Waals surface area contributed by atoms with Crippen molar-refractivity contribution in [3.05, 3.63) is 52.5 Å². The smallest absolute Gasteiger partial charge is 0.419 e. The Balaban J connectivity index is 1.89. The van der Waals surface area contributed by atoms with Gasteiger partial charge in [0, 0.05) is 23.6 Å². The van der Waals surface area contributed by atoms with Crippen molar-refractivity contribution in [1.82, 2.24) is 4.90 Å². The topological polar surface area (TPSA) is 58.6 Å². The van der Waals surface area contributed by atoms with Gasteiger partial charge in [0.15, 0.2) is 0 Å². The first kappa shape index (κ1) is 20.9. The zero-order valence-corrected chi connectivity index (χ0v) is 17.2. The van der Waals surface area contributed by atoms with E-state index in [1.165, 1.54) is 12.1 Å². The van der Waals surface area contributed by atoms with Crippen molar-refractivity contribution in [2.45, 2.75) is 23.6 Å². The highest BCUT2D eigenvalue weighted by Gasteiger charge is 2.36. The first-order valence-electron chi connectivity index (χ1n) is 8.39. The van der Waals surface area contributed by atoms with Crippen LogP contribution in [-0.2, 0) is 16.2 Å². The van der Waals surface area contributed by atoms with Crippen LogP contribution < -0.4 is 9.46 Å². The molecule has 28 heavy (non-hydrogen) atoms. The summed E-state index contributed by atoms with van der Waals surface area (Å²) in [6.45, 7) is 1.23. The van der Waals surface area contributed by atoms with Crippen LogP contribution in [0.15, 0.2) is 51.8 Å². The number of sulfonamides is 1. The van der Waals surface area contributed by atoms with Crippen LogP contribution in [-0.4, -0.2) is 39.6 Å². The van der Waals surface area contributed by atoms with Crippen LogP contribution in [0.1, 0.15) is 12.0 Å². The minimum absolute atomic E-state index is 0.00253. The zero-order chi connectivity index (χ0) is 20.5. The number of rotatable bonds is 5. The van der Waals surface area contributed by atoms with Crippen LogP contribution in [0, 0.1) is 0 Å². The predicted molar refractivity (Wildman–Crippen MR) is 103 cm³/mol. The zero-order valence-electron chi connectivity index (χ0n) is 14.8. The van der Waals surface area contributed by atoms with Crippen LogP contribution in [0.5, 0.6) is 5.75 Å². The third-order valence-electron chi connectivity index (χ3n) is 4.30. The number of likely N-dealkylation sites (N-methyl/N-ethyl adjacent to an activating group) is 1. The molecule has 1 N–H and O–H groups in total. The molecule has 1 fully saturated rings. The van der Waals surface area contributed by atoms with E-state index in [0.717, 1.165) is 24.7 Å². The van der Waals surface area contributed by atoms with Crippen LogP contribution in [0.4, 0.5) is 18.9 Å².